The highest BCUT2D eigenvalue weighted by molar-refractivity contribution is 7.09. The molecule has 4 heterocycles. The predicted molar refractivity (Wildman–Crippen MR) is 101 cm³/mol. The van der Waals surface area contributed by atoms with Gasteiger partial charge in [0.05, 0.1) is 5.01 Å². The fraction of sp³-hybridized carbons (Fsp3) is 0.789. The third kappa shape index (κ3) is 4.07. The molecule has 0 radical (unpaired) electrons. The molecular weight excluding hydrogens is 332 g/mol. The second-order valence-electron chi connectivity index (χ2n) is 7.73. The van der Waals surface area contributed by atoms with Crippen LogP contribution in [0.2, 0.25) is 0 Å². The first-order valence-corrected chi connectivity index (χ1v) is 10.9. The Kier molecular flexibility index (Phi) is 5.68. The van der Waals surface area contributed by atoms with Gasteiger partial charge in [0.2, 0.25) is 0 Å². The van der Waals surface area contributed by atoms with Crippen LogP contribution in [0.1, 0.15) is 66.4 Å². The molecule has 6 heteroatoms. The number of carbonyl (C=O) groups is 1. The van der Waals surface area contributed by atoms with E-state index < -0.39 is 0 Å². The zero-order chi connectivity index (χ0) is 17.1. The minimum atomic E-state index is 0.142. The lowest BCUT2D eigenvalue weighted by Gasteiger charge is -2.40. The smallest absolute Gasteiger partial charge is 0.273 e. The number of nitrogens with zero attached hydrogens (tertiary/aromatic N) is 3. The summed E-state index contributed by atoms with van der Waals surface area (Å²) in [4.78, 5) is 22.2. The van der Waals surface area contributed by atoms with Crippen molar-refractivity contribution < 1.29 is 4.79 Å². The lowest BCUT2D eigenvalue weighted by Crippen LogP contribution is -2.48. The Morgan fingerprint density at radius 2 is 1.88 bits per heavy atom. The van der Waals surface area contributed by atoms with E-state index >= 15 is 0 Å². The van der Waals surface area contributed by atoms with E-state index in [9.17, 15) is 4.79 Å². The molecule has 3 aliphatic heterocycles. The summed E-state index contributed by atoms with van der Waals surface area (Å²) in [7, 11) is 0. The van der Waals surface area contributed by atoms with Gasteiger partial charge in [0.15, 0.2) is 0 Å². The molecule has 0 bridgehead atoms. The first-order valence-electron chi connectivity index (χ1n) is 10.0. The number of hydrogen-bond acceptors (Lipinski definition) is 5. The van der Waals surface area contributed by atoms with Crippen molar-refractivity contribution in [2.75, 3.05) is 39.3 Å². The first kappa shape index (κ1) is 17.4. The summed E-state index contributed by atoms with van der Waals surface area (Å²) in [5, 5.41) is 6.55. The molecule has 0 spiro atoms. The molecule has 1 N–H and O–H groups in total. The zero-order valence-electron chi connectivity index (χ0n) is 15.1. The number of piperidine rings is 3. The van der Waals surface area contributed by atoms with Crippen LogP contribution in [-0.2, 0) is 0 Å². The molecule has 3 aliphatic rings. The van der Waals surface area contributed by atoms with E-state index in [1.165, 1.54) is 45.2 Å². The van der Waals surface area contributed by atoms with Gasteiger partial charge in [0.1, 0.15) is 5.69 Å². The van der Waals surface area contributed by atoms with Crippen molar-refractivity contribution in [3.05, 3.63) is 16.1 Å². The zero-order valence-corrected chi connectivity index (χ0v) is 15.9. The van der Waals surface area contributed by atoms with E-state index in [0.29, 0.717) is 17.7 Å². The number of rotatable bonds is 3. The van der Waals surface area contributed by atoms with Gasteiger partial charge in [-0.1, -0.05) is 6.42 Å². The number of aromatic nitrogens is 1. The topological polar surface area (TPSA) is 48.5 Å². The third-order valence-electron chi connectivity index (χ3n) is 6.05. The van der Waals surface area contributed by atoms with Crippen LogP contribution < -0.4 is 5.32 Å². The second kappa shape index (κ2) is 8.14. The van der Waals surface area contributed by atoms with Gasteiger partial charge in [-0.3, -0.25) is 4.79 Å². The first-order chi connectivity index (χ1) is 12.3. The molecule has 5 nitrogen and oxygen atoms in total. The fourth-order valence-electron chi connectivity index (χ4n) is 4.52. The van der Waals surface area contributed by atoms with Crippen molar-refractivity contribution in [1.29, 1.82) is 0 Å². The van der Waals surface area contributed by atoms with Crippen LogP contribution in [0, 0.1) is 0 Å². The molecule has 1 atom stereocenters. The fourth-order valence-corrected chi connectivity index (χ4v) is 5.45. The minimum Gasteiger partial charge on any atom is -0.337 e. The minimum absolute atomic E-state index is 0.142. The third-order valence-corrected chi connectivity index (χ3v) is 7.05. The van der Waals surface area contributed by atoms with Gasteiger partial charge in [0, 0.05) is 37.0 Å². The standard InChI is InChI=1S/C19H30N4OS/c24-19(17-14-25-18(21-17)15-5-4-8-20-13-15)23-11-6-16(7-12-23)22-9-2-1-3-10-22/h14-16,20H,1-13H2. The molecule has 4 rings (SSSR count). The monoisotopic (exact) mass is 362 g/mol. The van der Waals surface area contributed by atoms with Crippen molar-refractivity contribution in [1.82, 2.24) is 20.1 Å². The van der Waals surface area contributed by atoms with E-state index in [-0.39, 0.29) is 5.91 Å². The predicted octanol–water partition coefficient (Wildman–Crippen LogP) is 2.70. The highest BCUT2D eigenvalue weighted by Crippen LogP contribution is 2.27. The van der Waals surface area contributed by atoms with Gasteiger partial charge in [-0.2, -0.15) is 0 Å². The molecule has 0 saturated carbocycles. The second-order valence-corrected chi connectivity index (χ2v) is 8.62. The Bertz CT molecular complexity index is 570. The maximum Gasteiger partial charge on any atom is 0.273 e. The molecule has 1 aromatic heterocycles. The molecule has 0 aliphatic carbocycles. The number of likely N-dealkylation sites (tertiary alicyclic amines) is 2. The molecule has 3 fully saturated rings. The lowest BCUT2D eigenvalue weighted by atomic mass is 9.99. The van der Waals surface area contributed by atoms with Gasteiger partial charge < -0.3 is 15.1 Å². The van der Waals surface area contributed by atoms with Crippen LogP contribution >= 0.6 is 11.3 Å². The van der Waals surface area contributed by atoms with Crippen molar-refractivity contribution in [2.24, 2.45) is 0 Å². The maximum absolute atomic E-state index is 12.8. The highest BCUT2D eigenvalue weighted by Gasteiger charge is 2.29. The van der Waals surface area contributed by atoms with Crippen LogP contribution in [-0.4, -0.2) is 66.0 Å². The molecule has 1 amide bonds. The summed E-state index contributed by atoms with van der Waals surface area (Å²) in [6, 6.07) is 0.684. The van der Waals surface area contributed by atoms with Crippen molar-refractivity contribution in [3.63, 3.8) is 0 Å². The quantitative estimate of drug-likeness (QED) is 0.898. The largest absolute Gasteiger partial charge is 0.337 e. The van der Waals surface area contributed by atoms with E-state index in [0.717, 1.165) is 44.0 Å². The van der Waals surface area contributed by atoms with E-state index in [2.05, 4.69) is 10.2 Å². The van der Waals surface area contributed by atoms with E-state index in [1.54, 1.807) is 11.3 Å². The molecule has 138 valence electrons. The van der Waals surface area contributed by atoms with Gasteiger partial charge in [-0.25, -0.2) is 4.98 Å². The number of amides is 1. The lowest BCUT2D eigenvalue weighted by molar-refractivity contribution is 0.0585. The van der Waals surface area contributed by atoms with Crippen molar-refractivity contribution >= 4 is 17.2 Å². The van der Waals surface area contributed by atoms with E-state index in [4.69, 9.17) is 4.98 Å². The number of hydrogen-bond donors (Lipinski definition) is 1. The Labute approximate surface area is 154 Å². The van der Waals surface area contributed by atoms with Crippen LogP contribution in [0.4, 0.5) is 0 Å². The van der Waals surface area contributed by atoms with Crippen molar-refractivity contribution in [3.8, 4) is 0 Å². The summed E-state index contributed by atoms with van der Waals surface area (Å²) in [5.74, 6) is 0.633. The van der Waals surface area contributed by atoms with Gasteiger partial charge in [-0.15, -0.1) is 11.3 Å². The summed E-state index contributed by atoms with van der Waals surface area (Å²) in [6.45, 7) is 6.39. The van der Waals surface area contributed by atoms with E-state index in [1.807, 2.05) is 10.3 Å². The average Bonchev–Trinajstić information content (AvgIpc) is 3.19. The highest BCUT2D eigenvalue weighted by atomic mass is 32.1. The SMILES string of the molecule is O=C(c1csc(C2CCCNC2)n1)N1CCC(N2CCCCC2)CC1. The summed E-state index contributed by atoms with van der Waals surface area (Å²) >= 11 is 1.66. The number of nitrogens with one attached hydrogen (secondary N) is 1. The van der Waals surface area contributed by atoms with Crippen LogP contribution in [0.15, 0.2) is 5.38 Å². The molecule has 25 heavy (non-hydrogen) atoms. The van der Waals surface area contributed by atoms with Crippen LogP contribution in [0.25, 0.3) is 0 Å². The summed E-state index contributed by atoms with van der Waals surface area (Å²) < 4.78 is 0. The Hall–Kier alpha value is -0.980. The molecule has 1 aromatic rings. The normalized spacial score (nSPS) is 26.7. The molecular formula is C19H30N4OS. The number of carbonyl (C=O) groups excluding carboxylic acids is 1. The Morgan fingerprint density at radius 1 is 1.08 bits per heavy atom. The van der Waals surface area contributed by atoms with Gasteiger partial charge >= 0.3 is 0 Å². The average molecular weight is 363 g/mol. The maximum atomic E-state index is 12.8. The Balaban J connectivity index is 1.32. The van der Waals surface area contributed by atoms with Gasteiger partial charge in [0.25, 0.3) is 5.91 Å². The molecule has 1 unspecified atom stereocenters. The molecule has 0 aromatic carbocycles. The number of thiazole rings is 1. The summed E-state index contributed by atoms with van der Waals surface area (Å²) in [6.07, 6.45) is 8.71. The Morgan fingerprint density at radius 3 is 2.60 bits per heavy atom. The van der Waals surface area contributed by atoms with Crippen LogP contribution in [0.3, 0.4) is 0 Å². The molecule has 3 saturated heterocycles. The van der Waals surface area contributed by atoms with Gasteiger partial charge in [-0.05, 0) is 58.2 Å². The van der Waals surface area contributed by atoms with Crippen LogP contribution in [0.5, 0.6) is 0 Å². The van der Waals surface area contributed by atoms with Crippen molar-refractivity contribution in [2.45, 2.75) is 56.9 Å². The summed E-state index contributed by atoms with van der Waals surface area (Å²) in [5.41, 5.74) is 0.669.